The molecular weight excluding hydrogens is 134 g/mol. The van der Waals surface area contributed by atoms with Gasteiger partial charge in [0, 0.05) is 13.1 Å². The van der Waals surface area contributed by atoms with Crippen molar-refractivity contribution >= 4 is 0 Å². The monoisotopic (exact) mass is 146 g/mol. The fourth-order valence-corrected chi connectivity index (χ4v) is 1.56. The quantitative estimate of drug-likeness (QED) is 0.536. The molecule has 0 N–H and O–H groups in total. The maximum atomic E-state index is 3.28. The largest absolute Gasteiger partial charge is 0.302 e. The molecule has 0 aromatic heterocycles. The van der Waals surface area contributed by atoms with Crippen LogP contribution in [0.4, 0.5) is 0 Å². The Morgan fingerprint density at radius 2 is 2.45 bits per heavy atom. The molecule has 1 nitrogen and oxygen atoms in total. The van der Waals surface area contributed by atoms with Crippen LogP contribution in [0.5, 0.6) is 0 Å². The van der Waals surface area contributed by atoms with E-state index in [0.717, 1.165) is 13.0 Å². The van der Waals surface area contributed by atoms with Crippen LogP contribution in [0, 0.1) is 6.07 Å². The highest BCUT2D eigenvalue weighted by atomic mass is 15.1. The first-order chi connectivity index (χ1) is 5.36. The van der Waals surface area contributed by atoms with Gasteiger partial charge in [0.15, 0.2) is 0 Å². The Morgan fingerprint density at radius 3 is 3.36 bits per heavy atom. The SMILES string of the molecule is CN1CCc2[c]cccc2C1. The van der Waals surface area contributed by atoms with E-state index >= 15 is 0 Å². The molecule has 2 rings (SSSR count). The van der Waals surface area contributed by atoms with Crippen LogP contribution >= 0.6 is 0 Å². The second-order valence-electron chi connectivity index (χ2n) is 3.16. The topological polar surface area (TPSA) is 3.24 Å². The third-order valence-corrected chi connectivity index (χ3v) is 2.22. The maximum absolute atomic E-state index is 3.28. The number of likely N-dealkylation sites (N-methyl/N-ethyl adjacent to an activating group) is 1. The molecular formula is C10H12N. The van der Waals surface area contributed by atoms with Crippen molar-refractivity contribution in [3.05, 3.63) is 35.4 Å². The van der Waals surface area contributed by atoms with Crippen LogP contribution in [0.15, 0.2) is 18.2 Å². The minimum atomic E-state index is 1.09. The van der Waals surface area contributed by atoms with Gasteiger partial charge in [-0.25, -0.2) is 0 Å². The molecule has 1 heterocycles. The molecule has 0 saturated carbocycles. The number of hydrogen-bond donors (Lipinski definition) is 0. The van der Waals surface area contributed by atoms with Crippen molar-refractivity contribution in [2.75, 3.05) is 13.6 Å². The zero-order valence-corrected chi connectivity index (χ0v) is 6.80. The molecule has 1 aliphatic heterocycles. The molecule has 0 saturated heterocycles. The summed E-state index contributed by atoms with van der Waals surface area (Å²) >= 11 is 0. The predicted molar refractivity (Wildman–Crippen MR) is 45.3 cm³/mol. The summed E-state index contributed by atoms with van der Waals surface area (Å²) in [6.07, 6.45) is 1.16. The van der Waals surface area contributed by atoms with Gasteiger partial charge in [-0.15, -0.1) is 0 Å². The van der Waals surface area contributed by atoms with Crippen molar-refractivity contribution < 1.29 is 0 Å². The molecule has 1 aromatic carbocycles. The number of nitrogens with zero attached hydrogens (tertiary/aromatic N) is 1. The van der Waals surface area contributed by atoms with Crippen molar-refractivity contribution in [3.63, 3.8) is 0 Å². The molecule has 1 radical (unpaired) electrons. The Morgan fingerprint density at radius 1 is 1.55 bits per heavy atom. The number of rotatable bonds is 0. The minimum Gasteiger partial charge on any atom is -0.302 e. The normalized spacial score (nSPS) is 17.9. The van der Waals surface area contributed by atoms with E-state index in [-0.39, 0.29) is 0 Å². The first-order valence-electron chi connectivity index (χ1n) is 4.03. The number of hydrogen-bond acceptors (Lipinski definition) is 1. The summed E-state index contributed by atoms with van der Waals surface area (Å²) in [4.78, 5) is 2.34. The fourth-order valence-electron chi connectivity index (χ4n) is 1.56. The van der Waals surface area contributed by atoms with Crippen molar-refractivity contribution in [2.45, 2.75) is 13.0 Å². The van der Waals surface area contributed by atoms with E-state index in [9.17, 15) is 0 Å². The fraction of sp³-hybridized carbons (Fsp3) is 0.400. The lowest BCUT2D eigenvalue weighted by atomic mass is 10.0. The number of benzene rings is 1. The molecule has 1 aromatic rings. The van der Waals surface area contributed by atoms with Crippen molar-refractivity contribution in [1.82, 2.24) is 4.90 Å². The van der Waals surface area contributed by atoms with Crippen LogP contribution in [-0.2, 0) is 13.0 Å². The minimum absolute atomic E-state index is 1.09. The highest BCUT2D eigenvalue weighted by molar-refractivity contribution is 5.27. The maximum Gasteiger partial charge on any atom is 0.0233 e. The van der Waals surface area contributed by atoms with Gasteiger partial charge in [-0.1, -0.05) is 18.2 Å². The van der Waals surface area contributed by atoms with E-state index in [1.54, 1.807) is 0 Å². The molecule has 57 valence electrons. The predicted octanol–water partition coefficient (Wildman–Crippen LogP) is 1.47. The summed E-state index contributed by atoms with van der Waals surface area (Å²) < 4.78 is 0. The van der Waals surface area contributed by atoms with E-state index in [0.29, 0.717) is 0 Å². The highest BCUT2D eigenvalue weighted by Crippen LogP contribution is 2.15. The van der Waals surface area contributed by atoms with Crippen LogP contribution in [-0.4, -0.2) is 18.5 Å². The summed E-state index contributed by atoms with van der Waals surface area (Å²) in [6.45, 7) is 2.26. The third-order valence-electron chi connectivity index (χ3n) is 2.22. The molecule has 0 fully saturated rings. The summed E-state index contributed by atoms with van der Waals surface area (Å²) in [7, 11) is 2.16. The van der Waals surface area contributed by atoms with Crippen LogP contribution < -0.4 is 0 Å². The van der Waals surface area contributed by atoms with Gasteiger partial charge >= 0.3 is 0 Å². The van der Waals surface area contributed by atoms with E-state index < -0.39 is 0 Å². The second-order valence-corrected chi connectivity index (χ2v) is 3.16. The van der Waals surface area contributed by atoms with E-state index in [1.165, 1.54) is 17.7 Å². The lowest BCUT2D eigenvalue weighted by Gasteiger charge is -2.24. The van der Waals surface area contributed by atoms with Gasteiger partial charge in [0.05, 0.1) is 0 Å². The van der Waals surface area contributed by atoms with Crippen molar-refractivity contribution in [1.29, 1.82) is 0 Å². The Bertz CT molecular complexity index is 255. The molecule has 1 aliphatic rings. The average molecular weight is 146 g/mol. The van der Waals surface area contributed by atoms with Gasteiger partial charge in [-0.05, 0) is 30.7 Å². The highest BCUT2D eigenvalue weighted by Gasteiger charge is 2.11. The summed E-state index contributed by atoms with van der Waals surface area (Å²) in [5.74, 6) is 0. The molecule has 0 unspecified atom stereocenters. The first kappa shape index (κ1) is 6.86. The van der Waals surface area contributed by atoms with Crippen LogP contribution in [0.1, 0.15) is 11.1 Å². The van der Waals surface area contributed by atoms with E-state index in [1.807, 2.05) is 6.07 Å². The Balaban J connectivity index is 2.34. The molecule has 0 aliphatic carbocycles. The zero-order valence-electron chi connectivity index (χ0n) is 6.80. The van der Waals surface area contributed by atoms with Gasteiger partial charge in [-0.2, -0.15) is 0 Å². The summed E-state index contributed by atoms with van der Waals surface area (Å²) in [5, 5.41) is 0. The van der Waals surface area contributed by atoms with Gasteiger partial charge in [0.2, 0.25) is 0 Å². The Kier molecular flexibility index (Phi) is 1.66. The van der Waals surface area contributed by atoms with Crippen LogP contribution in [0.25, 0.3) is 0 Å². The second kappa shape index (κ2) is 2.67. The Labute approximate surface area is 67.6 Å². The summed E-state index contributed by atoms with van der Waals surface area (Å²) in [6, 6.07) is 9.55. The van der Waals surface area contributed by atoms with Crippen molar-refractivity contribution in [2.24, 2.45) is 0 Å². The lowest BCUT2D eigenvalue weighted by Crippen LogP contribution is -2.26. The smallest absolute Gasteiger partial charge is 0.0233 e. The van der Waals surface area contributed by atoms with Gasteiger partial charge in [0.1, 0.15) is 0 Å². The van der Waals surface area contributed by atoms with Gasteiger partial charge in [-0.3, -0.25) is 0 Å². The lowest BCUT2D eigenvalue weighted by molar-refractivity contribution is 0.313. The van der Waals surface area contributed by atoms with Crippen molar-refractivity contribution in [3.8, 4) is 0 Å². The molecule has 0 bridgehead atoms. The number of fused-ring (bicyclic) bond motifs is 1. The molecule has 0 spiro atoms. The van der Waals surface area contributed by atoms with E-state index in [4.69, 9.17) is 0 Å². The van der Waals surface area contributed by atoms with Crippen LogP contribution in [0.2, 0.25) is 0 Å². The standard InChI is InChI=1S/C10H12N/c1-11-7-6-9-4-2-3-5-10(9)8-11/h2-3,5H,6-8H2,1H3. The summed E-state index contributed by atoms with van der Waals surface area (Å²) in [5.41, 5.74) is 2.85. The molecule has 0 atom stereocenters. The van der Waals surface area contributed by atoms with Crippen LogP contribution in [0.3, 0.4) is 0 Å². The molecule has 0 amide bonds. The van der Waals surface area contributed by atoms with E-state index in [2.05, 4.69) is 30.1 Å². The average Bonchev–Trinajstić information content (AvgIpc) is 2.04. The third kappa shape index (κ3) is 1.29. The van der Waals surface area contributed by atoms with Gasteiger partial charge < -0.3 is 4.90 Å². The molecule has 11 heavy (non-hydrogen) atoms. The molecule has 1 heteroatoms. The Hall–Kier alpha value is -0.820. The first-order valence-corrected chi connectivity index (χ1v) is 4.03. The van der Waals surface area contributed by atoms with Gasteiger partial charge in [0.25, 0.3) is 0 Å². The zero-order chi connectivity index (χ0) is 7.68.